The maximum Gasteiger partial charge on any atom is 0.255 e. The molecule has 1 aromatic heterocycles. The molecule has 150 valence electrons. The number of ether oxygens (including phenoxy) is 1. The van der Waals surface area contributed by atoms with Crippen molar-refractivity contribution in [2.45, 2.75) is 20.0 Å². The van der Waals surface area contributed by atoms with Crippen LogP contribution < -0.4 is 10.1 Å². The highest BCUT2D eigenvalue weighted by Crippen LogP contribution is 2.21. The molecule has 0 saturated carbocycles. The summed E-state index contributed by atoms with van der Waals surface area (Å²) in [5, 5.41) is 6.05. The maximum atomic E-state index is 12.8. The Morgan fingerprint density at radius 3 is 2.43 bits per heavy atom. The van der Waals surface area contributed by atoms with Crippen molar-refractivity contribution >= 4 is 22.9 Å². The lowest BCUT2D eigenvalue weighted by Crippen LogP contribution is -2.13. The summed E-state index contributed by atoms with van der Waals surface area (Å²) in [7, 11) is 0. The van der Waals surface area contributed by atoms with Gasteiger partial charge >= 0.3 is 0 Å². The SMILES string of the molecule is Cc1nc(COc2ccc(C(=O)Nc3ccccc3Cc3ccccc3)cc2)cs1. The first kappa shape index (κ1) is 19.9. The molecule has 0 aliphatic carbocycles. The number of nitrogens with zero attached hydrogens (tertiary/aromatic N) is 1. The third-order valence-electron chi connectivity index (χ3n) is 4.67. The van der Waals surface area contributed by atoms with Crippen molar-refractivity contribution in [2.75, 3.05) is 5.32 Å². The lowest BCUT2D eigenvalue weighted by atomic mass is 10.0. The third kappa shape index (κ3) is 5.13. The van der Waals surface area contributed by atoms with Crippen LogP contribution in [0.2, 0.25) is 0 Å². The Kier molecular flexibility index (Phi) is 6.20. The van der Waals surface area contributed by atoms with Gasteiger partial charge in [0, 0.05) is 16.6 Å². The van der Waals surface area contributed by atoms with Gasteiger partial charge in [0.2, 0.25) is 0 Å². The fourth-order valence-electron chi connectivity index (χ4n) is 3.14. The quantitative estimate of drug-likeness (QED) is 0.411. The van der Waals surface area contributed by atoms with Crippen molar-refractivity contribution in [3.05, 3.63) is 112 Å². The minimum Gasteiger partial charge on any atom is -0.487 e. The van der Waals surface area contributed by atoms with E-state index >= 15 is 0 Å². The van der Waals surface area contributed by atoms with Gasteiger partial charge in [0.25, 0.3) is 5.91 Å². The number of para-hydroxylation sites is 1. The normalized spacial score (nSPS) is 10.6. The molecular weight excluding hydrogens is 392 g/mol. The number of carbonyl (C=O) groups is 1. The van der Waals surface area contributed by atoms with Gasteiger partial charge in [-0.15, -0.1) is 11.3 Å². The molecule has 1 heterocycles. The number of hydrogen-bond donors (Lipinski definition) is 1. The molecule has 4 rings (SSSR count). The maximum absolute atomic E-state index is 12.8. The van der Waals surface area contributed by atoms with E-state index in [-0.39, 0.29) is 5.91 Å². The predicted molar refractivity (Wildman–Crippen MR) is 121 cm³/mol. The number of nitrogens with one attached hydrogen (secondary N) is 1. The lowest BCUT2D eigenvalue weighted by Gasteiger charge is -2.12. The molecule has 0 bridgehead atoms. The first-order chi connectivity index (χ1) is 14.7. The van der Waals surface area contributed by atoms with Crippen LogP contribution in [0.25, 0.3) is 0 Å². The fraction of sp³-hybridized carbons (Fsp3) is 0.120. The molecule has 0 aliphatic heterocycles. The summed E-state index contributed by atoms with van der Waals surface area (Å²) in [6.45, 7) is 2.39. The van der Waals surface area contributed by atoms with Gasteiger partial charge < -0.3 is 10.1 Å². The number of amides is 1. The second-order valence-electron chi connectivity index (χ2n) is 6.94. The first-order valence-corrected chi connectivity index (χ1v) is 10.6. The molecule has 0 saturated heterocycles. The summed E-state index contributed by atoms with van der Waals surface area (Å²) < 4.78 is 5.76. The summed E-state index contributed by atoms with van der Waals surface area (Å²) in [4.78, 5) is 17.1. The van der Waals surface area contributed by atoms with Crippen molar-refractivity contribution in [1.82, 2.24) is 4.98 Å². The Bertz CT molecular complexity index is 1120. The van der Waals surface area contributed by atoms with Crippen LogP contribution in [0.15, 0.2) is 84.2 Å². The van der Waals surface area contributed by atoms with Crippen molar-refractivity contribution in [2.24, 2.45) is 0 Å². The minimum atomic E-state index is -0.141. The van der Waals surface area contributed by atoms with E-state index in [1.54, 1.807) is 23.5 Å². The number of aromatic nitrogens is 1. The van der Waals surface area contributed by atoms with Crippen LogP contribution in [0.4, 0.5) is 5.69 Å². The molecule has 5 heteroatoms. The Labute approximate surface area is 180 Å². The van der Waals surface area contributed by atoms with Crippen molar-refractivity contribution in [1.29, 1.82) is 0 Å². The molecule has 3 aromatic carbocycles. The van der Waals surface area contributed by atoms with E-state index in [0.717, 1.165) is 28.4 Å². The average Bonchev–Trinajstić information content (AvgIpc) is 3.20. The number of anilines is 1. The standard InChI is InChI=1S/C25H22N2O2S/c1-18-26-22(17-30-18)16-29-23-13-11-20(12-14-23)25(28)27-24-10-6-5-9-21(24)15-19-7-3-2-4-8-19/h2-14,17H,15-16H2,1H3,(H,27,28). The highest BCUT2D eigenvalue weighted by molar-refractivity contribution is 7.09. The first-order valence-electron chi connectivity index (χ1n) is 9.74. The highest BCUT2D eigenvalue weighted by Gasteiger charge is 2.10. The van der Waals surface area contributed by atoms with Gasteiger partial charge in [-0.2, -0.15) is 0 Å². The molecule has 0 radical (unpaired) electrons. The van der Waals surface area contributed by atoms with Crippen LogP contribution in [0.1, 0.15) is 32.2 Å². The van der Waals surface area contributed by atoms with Gasteiger partial charge in [-0.1, -0.05) is 48.5 Å². The lowest BCUT2D eigenvalue weighted by molar-refractivity contribution is 0.102. The van der Waals surface area contributed by atoms with Gasteiger partial charge in [-0.3, -0.25) is 4.79 Å². The number of rotatable bonds is 7. The molecule has 30 heavy (non-hydrogen) atoms. The molecule has 0 fully saturated rings. The molecule has 4 aromatic rings. The van der Waals surface area contributed by atoms with Gasteiger partial charge in [-0.05, 0) is 54.8 Å². The van der Waals surface area contributed by atoms with Gasteiger partial charge in [0.05, 0.1) is 10.7 Å². The Morgan fingerprint density at radius 1 is 0.967 bits per heavy atom. The second kappa shape index (κ2) is 9.37. The second-order valence-corrected chi connectivity index (χ2v) is 8.01. The molecule has 0 atom stereocenters. The number of aryl methyl sites for hydroxylation is 1. The molecule has 0 spiro atoms. The van der Waals surface area contributed by atoms with Crippen LogP contribution in [-0.2, 0) is 13.0 Å². The Balaban J connectivity index is 1.40. The van der Waals surface area contributed by atoms with Crippen LogP contribution in [0.5, 0.6) is 5.75 Å². The molecular formula is C25H22N2O2S. The zero-order valence-corrected chi connectivity index (χ0v) is 17.5. The molecule has 1 amide bonds. The molecule has 0 unspecified atom stereocenters. The molecule has 4 nitrogen and oxygen atoms in total. The largest absolute Gasteiger partial charge is 0.487 e. The van der Waals surface area contributed by atoms with E-state index < -0.39 is 0 Å². The summed E-state index contributed by atoms with van der Waals surface area (Å²) >= 11 is 1.60. The zero-order chi connectivity index (χ0) is 20.8. The Morgan fingerprint density at radius 2 is 1.70 bits per heavy atom. The predicted octanol–water partition coefficient (Wildman–Crippen LogP) is 5.87. The van der Waals surface area contributed by atoms with E-state index in [9.17, 15) is 4.79 Å². The summed E-state index contributed by atoms with van der Waals surface area (Å²) in [6, 6.07) is 25.3. The fourth-order valence-corrected chi connectivity index (χ4v) is 3.74. The van der Waals surface area contributed by atoms with Gasteiger partial charge in [0.15, 0.2) is 0 Å². The van der Waals surface area contributed by atoms with E-state index in [0.29, 0.717) is 17.9 Å². The average molecular weight is 415 g/mol. The van der Waals surface area contributed by atoms with Gasteiger partial charge in [0.1, 0.15) is 12.4 Å². The summed E-state index contributed by atoms with van der Waals surface area (Å²) in [5.41, 5.74) is 4.60. The zero-order valence-electron chi connectivity index (χ0n) is 16.7. The molecule has 0 aliphatic rings. The van der Waals surface area contributed by atoms with Crippen molar-refractivity contribution < 1.29 is 9.53 Å². The van der Waals surface area contributed by atoms with Crippen LogP contribution >= 0.6 is 11.3 Å². The topological polar surface area (TPSA) is 51.2 Å². The number of hydrogen-bond acceptors (Lipinski definition) is 4. The van der Waals surface area contributed by atoms with E-state index in [2.05, 4.69) is 22.4 Å². The van der Waals surface area contributed by atoms with E-state index in [4.69, 9.17) is 4.74 Å². The Hall–Kier alpha value is -3.44. The van der Waals surface area contributed by atoms with Crippen LogP contribution in [0, 0.1) is 6.92 Å². The number of thiazole rings is 1. The highest BCUT2D eigenvalue weighted by atomic mass is 32.1. The molecule has 1 N–H and O–H groups in total. The van der Waals surface area contributed by atoms with Crippen LogP contribution in [-0.4, -0.2) is 10.9 Å². The number of carbonyl (C=O) groups excluding carboxylic acids is 1. The van der Waals surface area contributed by atoms with Gasteiger partial charge in [-0.25, -0.2) is 4.98 Å². The monoisotopic (exact) mass is 414 g/mol. The van der Waals surface area contributed by atoms with Crippen molar-refractivity contribution in [3.8, 4) is 5.75 Å². The summed E-state index contributed by atoms with van der Waals surface area (Å²) in [5.74, 6) is 0.568. The minimum absolute atomic E-state index is 0.141. The third-order valence-corrected chi connectivity index (χ3v) is 5.50. The van der Waals surface area contributed by atoms with Crippen molar-refractivity contribution in [3.63, 3.8) is 0 Å². The number of benzene rings is 3. The smallest absolute Gasteiger partial charge is 0.255 e. The summed E-state index contributed by atoms with van der Waals surface area (Å²) in [6.07, 6.45) is 0.764. The van der Waals surface area contributed by atoms with Crippen LogP contribution in [0.3, 0.4) is 0 Å². The van der Waals surface area contributed by atoms with E-state index in [1.165, 1.54) is 5.56 Å². The van der Waals surface area contributed by atoms with E-state index in [1.807, 2.05) is 66.9 Å².